The molecule has 6 heteroatoms. The van der Waals surface area contributed by atoms with Crippen molar-refractivity contribution in [1.29, 1.82) is 0 Å². The van der Waals surface area contributed by atoms with Crippen molar-refractivity contribution in [2.24, 2.45) is 0 Å². The van der Waals surface area contributed by atoms with Gasteiger partial charge < -0.3 is 16.2 Å². The number of carbonyl (C=O) groups is 1. The van der Waals surface area contributed by atoms with Crippen LogP contribution in [0.1, 0.15) is 41.2 Å². The molecule has 0 spiro atoms. The van der Waals surface area contributed by atoms with Crippen molar-refractivity contribution in [3.8, 4) is 17.0 Å². The summed E-state index contributed by atoms with van der Waals surface area (Å²) < 4.78 is 0. The largest absolute Gasteiger partial charge is 0.508 e. The highest BCUT2D eigenvalue weighted by atomic mass is 16.3. The van der Waals surface area contributed by atoms with E-state index in [4.69, 9.17) is 10.7 Å². The Bertz CT molecular complexity index is 974. The number of nitrogen functional groups attached to an aromatic ring is 1. The average molecular weight is 374 g/mol. The second-order valence-electron chi connectivity index (χ2n) is 7.12. The molecule has 1 saturated carbocycles. The molecular formula is C22H22N4O2. The van der Waals surface area contributed by atoms with Crippen LogP contribution in [0.3, 0.4) is 0 Å². The van der Waals surface area contributed by atoms with Crippen molar-refractivity contribution in [2.75, 3.05) is 5.73 Å². The number of hydrogen-bond donors (Lipinski definition) is 3. The molecule has 1 aliphatic carbocycles. The fourth-order valence-electron chi connectivity index (χ4n) is 3.68. The lowest BCUT2D eigenvalue weighted by atomic mass is 10.0. The molecule has 0 saturated heterocycles. The van der Waals surface area contributed by atoms with Gasteiger partial charge in [-0.15, -0.1) is 0 Å². The summed E-state index contributed by atoms with van der Waals surface area (Å²) in [7, 11) is 0. The molecule has 0 bridgehead atoms. The van der Waals surface area contributed by atoms with Gasteiger partial charge in [-0.05, 0) is 55.7 Å². The van der Waals surface area contributed by atoms with Gasteiger partial charge in [0.25, 0.3) is 5.91 Å². The molecule has 1 fully saturated rings. The summed E-state index contributed by atoms with van der Waals surface area (Å²) in [5.74, 6) is 0.741. The van der Waals surface area contributed by atoms with Crippen molar-refractivity contribution < 1.29 is 9.90 Å². The first-order valence-corrected chi connectivity index (χ1v) is 9.38. The average Bonchev–Trinajstić information content (AvgIpc) is 3.18. The number of benzene rings is 2. The fraction of sp³-hybridized carbons (Fsp3) is 0.227. The summed E-state index contributed by atoms with van der Waals surface area (Å²) in [6.07, 6.45) is 4.40. The van der Waals surface area contributed by atoms with Crippen LogP contribution in [0, 0.1) is 0 Å². The molecule has 1 aliphatic rings. The highest BCUT2D eigenvalue weighted by molar-refractivity contribution is 5.94. The van der Waals surface area contributed by atoms with E-state index >= 15 is 0 Å². The van der Waals surface area contributed by atoms with Crippen LogP contribution in [0.5, 0.6) is 5.75 Å². The van der Waals surface area contributed by atoms with E-state index < -0.39 is 0 Å². The zero-order chi connectivity index (χ0) is 19.5. The van der Waals surface area contributed by atoms with Crippen molar-refractivity contribution >= 4 is 11.7 Å². The molecule has 0 radical (unpaired) electrons. The molecule has 3 aromatic rings. The molecule has 6 nitrogen and oxygen atoms in total. The van der Waals surface area contributed by atoms with E-state index in [2.05, 4.69) is 10.3 Å². The Morgan fingerprint density at radius 3 is 2.57 bits per heavy atom. The number of nitrogens with one attached hydrogen (secondary N) is 1. The van der Waals surface area contributed by atoms with Gasteiger partial charge >= 0.3 is 0 Å². The van der Waals surface area contributed by atoms with Gasteiger partial charge in [0.05, 0.1) is 11.9 Å². The summed E-state index contributed by atoms with van der Waals surface area (Å²) in [5, 5.41) is 12.6. The summed E-state index contributed by atoms with van der Waals surface area (Å²) in [4.78, 5) is 21.4. The molecule has 1 amide bonds. The highest BCUT2D eigenvalue weighted by Gasteiger charge is 2.29. The number of amides is 1. The van der Waals surface area contributed by atoms with Gasteiger partial charge in [-0.25, -0.2) is 9.97 Å². The van der Waals surface area contributed by atoms with Crippen LogP contribution in [0.15, 0.2) is 60.8 Å². The first kappa shape index (κ1) is 18.0. The summed E-state index contributed by atoms with van der Waals surface area (Å²) in [5.41, 5.74) is 9.02. The highest BCUT2D eigenvalue weighted by Crippen LogP contribution is 2.35. The van der Waals surface area contributed by atoms with Gasteiger partial charge in [-0.2, -0.15) is 0 Å². The minimum atomic E-state index is -0.0422. The monoisotopic (exact) mass is 374 g/mol. The van der Waals surface area contributed by atoms with E-state index in [-0.39, 0.29) is 23.6 Å². The fourth-order valence-corrected chi connectivity index (χ4v) is 3.68. The predicted molar refractivity (Wildman–Crippen MR) is 108 cm³/mol. The zero-order valence-corrected chi connectivity index (χ0v) is 15.4. The van der Waals surface area contributed by atoms with Gasteiger partial charge in [-0.1, -0.05) is 18.2 Å². The minimum Gasteiger partial charge on any atom is -0.508 e. The number of rotatable bonds is 4. The smallest absolute Gasteiger partial charge is 0.251 e. The molecule has 28 heavy (non-hydrogen) atoms. The normalized spacial score (nSPS) is 18.7. The Hall–Kier alpha value is -3.41. The lowest BCUT2D eigenvalue weighted by Gasteiger charge is -2.14. The molecule has 2 unspecified atom stereocenters. The number of phenolic OH excluding ortho intramolecular Hbond substituents is 1. The van der Waals surface area contributed by atoms with E-state index in [1.54, 1.807) is 30.5 Å². The van der Waals surface area contributed by atoms with Gasteiger partial charge in [0.1, 0.15) is 17.3 Å². The van der Waals surface area contributed by atoms with E-state index in [1.807, 2.05) is 30.3 Å². The third kappa shape index (κ3) is 3.81. The number of aromatic hydroxyl groups is 1. The lowest BCUT2D eigenvalue weighted by Crippen LogP contribution is -2.32. The SMILES string of the molecule is Nc1ncc(C2CCC(NC(=O)c3ccccc3)C2)nc1-c1ccc(O)cc1. The predicted octanol–water partition coefficient (Wildman–Crippen LogP) is 3.50. The van der Waals surface area contributed by atoms with Crippen molar-refractivity contribution in [1.82, 2.24) is 15.3 Å². The number of nitrogens with two attached hydrogens (primary N) is 1. The molecule has 2 aromatic carbocycles. The molecule has 4 N–H and O–H groups in total. The van der Waals surface area contributed by atoms with Gasteiger partial charge in [0.15, 0.2) is 0 Å². The maximum atomic E-state index is 12.4. The van der Waals surface area contributed by atoms with Crippen LogP contribution in [-0.4, -0.2) is 27.0 Å². The molecule has 4 rings (SSSR count). The van der Waals surface area contributed by atoms with Crippen molar-refractivity contribution in [2.45, 2.75) is 31.2 Å². The van der Waals surface area contributed by atoms with E-state index in [9.17, 15) is 9.90 Å². The zero-order valence-electron chi connectivity index (χ0n) is 15.4. The molecule has 1 aromatic heterocycles. The number of carbonyl (C=O) groups excluding carboxylic acids is 1. The summed E-state index contributed by atoms with van der Waals surface area (Å²) in [6.45, 7) is 0. The van der Waals surface area contributed by atoms with Crippen LogP contribution < -0.4 is 11.1 Å². The Morgan fingerprint density at radius 2 is 1.82 bits per heavy atom. The van der Waals surface area contributed by atoms with Crippen LogP contribution in [0.2, 0.25) is 0 Å². The third-order valence-corrected chi connectivity index (χ3v) is 5.18. The number of nitrogens with zero attached hydrogens (tertiary/aromatic N) is 2. The van der Waals surface area contributed by atoms with Crippen molar-refractivity contribution in [3.05, 3.63) is 72.1 Å². The van der Waals surface area contributed by atoms with Gasteiger partial charge in [0.2, 0.25) is 0 Å². The topological polar surface area (TPSA) is 101 Å². The molecular weight excluding hydrogens is 352 g/mol. The number of phenols is 1. The first-order chi connectivity index (χ1) is 13.6. The van der Waals surface area contributed by atoms with E-state index in [0.717, 1.165) is 30.5 Å². The quantitative estimate of drug-likeness (QED) is 0.649. The van der Waals surface area contributed by atoms with Crippen molar-refractivity contribution in [3.63, 3.8) is 0 Å². The Kier molecular flexibility index (Phi) is 4.93. The number of aromatic nitrogens is 2. The Morgan fingerprint density at radius 1 is 1.07 bits per heavy atom. The third-order valence-electron chi connectivity index (χ3n) is 5.18. The van der Waals surface area contributed by atoms with E-state index in [1.165, 1.54) is 0 Å². The van der Waals surface area contributed by atoms with Crippen LogP contribution >= 0.6 is 0 Å². The van der Waals surface area contributed by atoms with Crippen LogP contribution in [0.25, 0.3) is 11.3 Å². The van der Waals surface area contributed by atoms with Crippen LogP contribution in [-0.2, 0) is 0 Å². The maximum absolute atomic E-state index is 12.4. The summed E-state index contributed by atoms with van der Waals surface area (Å²) >= 11 is 0. The standard InChI is InChI=1S/C22H22N4O2/c23-21-20(14-7-10-18(27)11-8-14)26-19(13-24-21)16-6-9-17(12-16)25-22(28)15-4-2-1-3-5-15/h1-5,7-8,10-11,13,16-17,27H,6,9,12H2,(H2,23,24)(H,25,28). The first-order valence-electron chi connectivity index (χ1n) is 9.38. The minimum absolute atomic E-state index is 0.0422. The summed E-state index contributed by atoms with van der Waals surface area (Å²) in [6, 6.07) is 16.1. The lowest BCUT2D eigenvalue weighted by molar-refractivity contribution is 0.0937. The molecule has 0 aliphatic heterocycles. The second-order valence-corrected chi connectivity index (χ2v) is 7.12. The van der Waals surface area contributed by atoms with Crippen LogP contribution in [0.4, 0.5) is 5.82 Å². The molecule has 142 valence electrons. The Balaban J connectivity index is 1.47. The van der Waals surface area contributed by atoms with Gasteiger partial charge in [0, 0.05) is 23.1 Å². The number of anilines is 1. The number of hydrogen-bond acceptors (Lipinski definition) is 5. The molecule has 1 heterocycles. The van der Waals surface area contributed by atoms with E-state index in [0.29, 0.717) is 17.1 Å². The molecule has 2 atom stereocenters. The van der Waals surface area contributed by atoms with Gasteiger partial charge in [-0.3, -0.25) is 4.79 Å². The second kappa shape index (κ2) is 7.68. The maximum Gasteiger partial charge on any atom is 0.251 e. The Labute approximate surface area is 163 Å².